The van der Waals surface area contributed by atoms with Gasteiger partial charge >= 0.3 is 0 Å². The number of ether oxygens (including phenoxy) is 1. The van der Waals surface area contributed by atoms with Crippen LogP contribution >= 0.6 is 0 Å². The van der Waals surface area contributed by atoms with Gasteiger partial charge in [0, 0.05) is 19.8 Å². The van der Waals surface area contributed by atoms with Crippen molar-refractivity contribution in [2.24, 2.45) is 23.2 Å². The molecule has 0 saturated heterocycles. The third kappa shape index (κ3) is 6.19. The van der Waals surface area contributed by atoms with Gasteiger partial charge in [-0.1, -0.05) is 34.6 Å². The molecule has 0 spiro atoms. The van der Waals surface area contributed by atoms with Gasteiger partial charge in [0.2, 0.25) is 0 Å². The minimum atomic E-state index is 0.450. The average molecular weight is 255 g/mol. The molecule has 18 heavy (non-hydrogen) atoms. The maximum atomic E-state index is 5.77. The van der Waals surface area contributed by atoms with E-state index in [1.54, 1.807) is 0 Å². The van der Waals surface area contributed by atoms with Crippen LogP contribution in [0.5, 0.6) is 0 Å². The molecule has 0 aliphatic heterocycles. The molecule has 0 radical (unpaired) electrons. The summed E-state index contributed by atoms with van der Waals surface area (Å²) in [6.45, 7) is 15.5. The maximum absolute atomic E-state index is 5.77. The van der Waals surface area contributed by atoms with Crippen molar-refractivity contribution in [3.8, 4) is 0 Å². The van der Waals surface area contributed by atoms with Gasteiger partial charge in [0.25, 0.3) is 0 Å². The molecule has 1 saturated carbocycles. The lowest BCUT2D eigenvalue weighted by atomic mass is 9.81. The summed E-state index contributed by atoms with van der Waals surface area (Å²) < 4.78 is 5.77. The van der Waals surface area contributed by atoms with Gasteiger partial charge in [0.1, 0.15) is 0 Å². The summed E-state index contributed by atoms with van der Waals surface area (Å²) in [5.41, 5.74) is 0.450. The topological polar surface area (TPSA) is 21.3 Å². The van der Waals surface area contributed by atoms with Crippen molar-refractivity contribution in [3.63, 3.8) is 0 Å². The van der Waals surface area contributed by atoms with Crippen LogP contribution in [0.25, 0.3) is 0 Å². The molecule has 1 fully saturated rings. The largest absolute Gasteiger partial charge is 0.381 e. The van der Waals surface area contributed by atoms with Crippen molar-refractivity contribution < 1.29 is 4.74 Å². The minimum Gasteiger partial charge on any atom is -0.381 e. The van der Waals surface area contributed by atoms with Gasteiger partial charge in [-0.25, -0.2) is 0 Å². The summed E-state index contributed by atoms with van der Waals surface area (Å²) >= 11 is 0. The summed E-state index contributed by atoms with van der Waals surface area (Å²) in [6, 6.07) is 0. The van der Waals surface area contributed by atoms with Gasteiger partial charge < -0.3 is 10.1 Å². The fraction of sp³-hybridized carbons (Fsp3) is 1.00. The third-order valence-corrected chi connectivity index (χ3v) is 3.91. The lowest BCUT2D eigenvalue weighted by Crippen LogP contribution is -2.36. The highest BCUT2D eigenvalue weighted by atomic mass is 16.5. The Morgan fingerprint density at radius 2 is 1.83 bits per heavy atom. The molecular weight excluding hydrogens is 222 g/mol. The Morgan fingerprint density at radius 1 is 1.17 bits per heavy atom. The van der Waals surface area contributed by atoms with Crippen molar-refractivity contribution in [1.29, 1.82) is 0 Å². The third-order valence-electron chi connectivity index (χ3n) is 3.91. The number of nitrogens with one attached hydrogen (secondary N) is 1. The van der Waals surface area contributed by atoms with Crippen LogP contribution in [-0.4, -0.2) is 26.3 Å². The van der Waals surface area contributed by atoms with Crippen LogP contribution in [-0.2, 0) is 4.74 Å². The van der Waals surface area contributed by atoms with Crippen molar-refractivity contribution >= 4 is 0 Å². The van der Waals surface area contributed by atoms with Gasteiger partial charge in [0.15, 0.2) is 0 Å². The molecule has 1 N–H and O–H groups in total. The van der Waals surface area contributed by atoms with Gasteiger partial charge in [-0.2, -0.15) is 0 Å². The lowest BCUT2D eigenvalue weighted by molar-refractivity contribution is 0.0734. The Kier molecular flexibility index (Phi) is 6.65. The van der Waals surface area contributed by atoms with Crippen molar-refractivity contribution in [3.05, 3.63) is 0 Å². The lowest BCUT2D eigenvalue weighted by Gasteiger charge is -2.30. The first kappa shape index (κ1) is 16.0. The van der Waals surface area contributed by atoms with Gasteiger partial charge in [-0.3, -0.25) is 0 Å². The Balaban J connectivity index is 2.24. The molecule has 1 aliphatic carbocycles. The predicted molar refractivity (Wildman–Crippen MR) is 78.8 cm³/mol. The standard InChI is InChI=1S/C16H33NO/c1-13(2)10-17-12-16(5,15-6-7-15)8-9-18-11-14(3)4/h13-15,17H,6-12H2,1-5H3. The predicted octanol–water partition coefficient (Wildman–Crippen LogP) is 3.71. The van der Waals surface area contributed by atoms with Crippen LogP contribution in [0.3, 0.4) is 0 Å². The summed E-state index contributed by atoms with van der Waals surface area (Å²) in [6.07, 6.45) is 4.05. The molecule has 1 unspecified atom stereocenters. The molecule has 2 heteroatoms. The highest BCUT2D eigenvalue weighted by Gasteiger charge is 2.40. The summed E-state index contributed by atoms with van der Waals surface area (Å²) in [4.78, 5) is 0. The number of rotatable bonds is 10. The van der Waals surface area contributed by atoms with E-state index in [1.807, 2.05) is 0 Å². The van der Waals surface area contributed by atoms with E-state index in [9.17, 15) is 0 Å². The molecule has 0 aromatic rings. The molecule has 1 aliphatic rings. The molecule has 0 amide bonds. The molecule has 1 rings (SSSR count). The highest BCUT2D eigenvalue weighted by Crippen LogP contribution is 2.47. The Labute approximate surface area is 114 Å². The summed E-state index contributed by atoms with van der Waals surface area (Å²) in [5.74, 6) is 2.32. The van der Waals surface area contributed by atoms with Crippen LogP contribution in [0.15, 0.2) is 0 Å². The van der Waals surface area contributed by atoms with Crippen molar-refractivity contribution in [2.45, 2.75) is 53.9 Å². The quantitative estimate of drug-likeness (QED) is 0.601. The fourth-order valence-corrected chi connectivity index (χ4v) is 2.49. The van der Waals surface area contributed by atoms with E-state index < -0.39 is 0 Å². The average Bonchev–Trinajstić information content (AvgIpc) is 3.07. The van der Waals surface area contributed by atoms with E-state index in [0.29, 0.717) is 11.3 Å². The van der Waals surface area contributed by atoms with Crippen LogP contribution in [0.1, 0.15) is 53.9 Å². The van der Waals surface area contributed by atoms with E-state index in [-0.39, 0.29) is 0 Å². The molecule has 1 atom stereocenters. The second kappa shape index (κ2) is 7.49. The first-order chi connectivity index (χ1) is 8.44. The zero-order chi connectivity index (χ0) is 13.6. The van der Waals surface area contributed by atoms with Crippen LogP contribution in [0.4, 0.5) is 0 Å². The normalized spacial score (nSPS) is 19.5. The van der Waals surface area contributed by atoms with Crippen LogP contribution in [0, 0.1) is 23.2 Å². The second-order valence-electron chi connectivity index (χ2n) is 7.17. The van der Waals surface area contributed by atoms with E-state index in [1.165, 1.54) is 19.3 Å². The van der Waals surface area contributed by atoms with Gasteiger partial charge in [0.05, 0.1) is 0 Å². The number of hydrogen-bond donors (Lipinski definition) is 1. The first-order valence-corrected chi connectivity index (χ1v) is 7.72. The minimum absolute atomic E-state index is 0.450. The van der Waals surface area contributed by atoms with Crippen molar-refractivity contribution in [2.75, 3.05) is 26.3 Å². The van der Waals surface area contributed by atoms with E-state index in [0.717, 1.165) is 38.1 Å². The van der Waals surface area contributed by atoms with Gasteiger partial charge in [-0.15, -0.1) is 0 Å². The van der Waals surface area contributed by atoms with Gasteiger partial charge in [-0.05, 0) is 49.0 Å². The Bertz CT molecular complexity index is 223. The van der Waals surface area contributed by atoms with E-state index >= 15 is 0 Å². The highest BCUT2D eigenvalue weighted by molar-refractivity contribution is 4.92. The second-order valence-corrected chi connectivity index (χ2v) is 7.17. The van der Waals surface area contributed by atoms with Crippen LogP contribution < -0.4 is 5.32 Å². The maximum Gasteiger partial charge on any atom is 0.0488 e. The first-order valence-electron chi connectivity index (χ1n) is 7.72. The Morgan fingerprint density at radius 3 is 2.33 bits per heavy atom. The summed E-state index contributed by atoms with van der Waals surface area (Å²) in [7, 11) is 0. The molecule has 0 bridgehead atoms. The van der Waals surface area contributed by atoms with E-state index in [4.69, 9.17) is 4.74 Å². The molecule has 0 heterocycles. The zero-order valence-electron chi connectivity index (χ0n) is 13.1. The zero-order valence-corrected chi connectivity index (χ0v) is 13.1. The molecule has 108 valence electrons. The molecule has 2 nitrogen and oxygen atoms in total. The fourth-order valence-electron chi connectivity index (χ4n) is 2.49. The molecular formula is C16H33NO. The van der Waals surface area contributed by atoms with Crippen LogP contribution in [0.2, 0.25) is 0 Å². The molecule has 0 aromatic carbocycles. The number of hydrogen-bond acceptors (Lipinski definition) is 2. The SMILES string of the molecule is CC(C)CNCC(C)(CCOCC(C)C)C1CC1. The molecule has 0 aromatic heterocycles. The summed E-state index contributed by atoms with van der Waals surface area (Å²) in [5, 5.41) is 3.64. The Hall–Kier alpha value is -0.0800. The smallest absolute Gasteiger partial charge is 0.0488 e. The van der Waals surface area contributed by atoms with E-state index in [2.05, 4.69) is 39.9 Å². The monoisotopic (exact) mass is 255 g/mol. The van der Waals surface area contributed by atoms with Crippen molar-refractivity contribution in [1.82, 2.24) is 5.32 Å².